The van der Waals surface area contributed by atoms with E-state index >= 15 is 0 Å². The molecule has 0 amide bonds. The second-order valence-corrected chi connectivity index (χ2v) is 7.46. The molecule has 19 heavy (non-hydrogen) atoms. The summed E-state index contributed by atoms with van der Waals surface area (Å²) >= 11 is 9.75. The molecule has 1 nitrogen and oxygen atoms in total. The second-order valence-electron chi connectivity index (χ2n) is 4.25. The summed E-state index contributed by atoms with van der Waals surface area (Å²) in [5, 5.41) is 5.77. The second kappa shape index (κ2) is 7.02. The van der Waals surface area contributed by atoms with Crippen molar-refractivity contribution in [1.82, 2.24) is 5.32 Å². The minimum Gasteiger partial charge on any atom is -0.310 e. The van der Waals surface area contributed by atoms with Gasteiger partial charge in [-0.05, 0) is 70.3 Å². The fourth-order valence-electron chi connectivity index (χ4n) is 1.96. The van der Waals surface area contributed by atoms with Gasteiger partial charge >= 0.3 is 0 Å². The number of hydrogen-bond donors (Lipinski definition) is 1. The van der Waals surface area contributed by atoms with Gasteiger partial charge in [0.05, 0.1) is 7.91 Å². The van der Waals surface area contributed by atoms with Gasteiger partial charge in [0.25, 0.3) is 0 Å². The summed E-state index contributed by atoms with van der Waals surface area (Å²) in [6.07, 6.45) is 0.759. The van der Waals surface area contributed by atoms with Crippen LogP contribution < -0.4 is 5.32 Å². The molecule has 0 aliphatic heterocycles. The van der Waals surface area contributed by atoms with Gasteiger partial charge in [-0.25, -0.2) is 4.39 Å². The van der Waals surface area contributed by atoms with Gasteiger partial charge < -0.3 is 5.32 Å². The first-order valence-corrected chi connectivity index (χ1v) is 8.35. The van der Waals surface area contributed by atoms with Gasteiger partial charge in [0.15, 0.2) is 0 Å². The van der Waals surface area contributed by atoms with Crippen LogP contribution in [0.1, 0.15) is 24.1 Å². The molecule has 1 atom stereocenters. The third-order valence-electron chi connectivity index (χ3n) is 2.86. The van der Waals surface area contributed by atoms with Crippen LogP contribution in [0.25, 0.3) is 0 Å². The molecule has 5 heteroatoms. The number of likely N-dealkylation sites (N-methyl/N-ethyl adjacent to an activating group) is 1. The number of thiophene rings is 1. The minimum absolute atomic E-state index is 0.175. The van der Waals surface area contributed by atoms with E-state index in [9.17, 15) is 4.39 Å². The minimum atomic E-state index is -0.352. The van der Waals surface area contributed by atoms with Crippen molar-refractivity contribution in [2.24, 2.45) is 0 Å². The maximum absolute atomic E-state index is 13.5. The lowest BCUT2D eigenvalue weighted by atomic mass is 10.0. The first-order chi connectivity index (χ1) is 9.10. The van der Waals surface area contributed by atoms with E-state index in [1.54, 1.807) is 17.4 Å². The predicted octanol–water partition coefficient (Wildman–Crippen LogP) is 5.04. The van der Waals surface area contributed by atoms with Crippen molar-refractivity contribution in [2.45, 2.75) is 19.4 Å². The SMILES string of the molecule is CCNC(Cc1ccc(Cl)c(F)c1)c1csc(I)c1. The standard InChI is InChI=1S/C14H14ClFINS/c1-2-18-13(10-7-14(17)19-8-10)6-9-3-4-11(15)12(16)5-9/h3-5,7-8,13,18H,2,6H2,1H3. The van der Waals surface area contributed by atoms with Gasteiger partial charge in [0, 0.05) is 6.04 Å². The quantitative estimate of drug-likeness (QED) is 0.682. The van der Waals surface area contributed by atoms with Gasteiger partial charge in [-0.1, -0.05) is 24.6 Å². The summed E-state index contributed by atoms with van der Waals surface area (Å²) in [7, 11) is 0. The van der Waals surface area contributed by atoms with E-state index < -0.39 is 0 Å². The van der Waals surface area contributed by atoms with Crippen molar-refractivity contribution < 1.29 is 4.39 Å². The lowest BCUT2D eigenvalue weighted by Crippen LogP contribution is -2.22. The molecule has 0 saturated heterocycles. The molecule has 1 aromatic carbocycles. The topological polar surface area (TPSA) is 12.0 Å². The fraction of sp³-hybridized carbons (Fsp3) is 0.286. The summed E-state index contributed by atoms with van der Waals surface area (Å²) in [5.74, 6) is -0.352. The highest BCUT2D eigenvalue weighted by Gasteiger charge is 2.13. The van der Waals surface area contributed by atoms with Crippen molar-refractivity contribution >= 4 is 45.5 Å². The Morgan fingerprint density at radius 2 is 2.21 bits per heavy atom. The molecule has 2 rings (SSSR count). The van der Waals surface area contributed by atoms with Crippen molar-refractivity contribution in [3.05, 3.63) is 54.5 Å². The summed E-state index contributed by atoms with van der Waals surface area (Å²) in [6, 6.07) is 7.40. The lowest BCUT2D eigenvalue weighted by Gasteiger charge is -2.17. The van der Waals surface area contributed by atoms with Crippen LogP contribution in [0.2, 0.25) is 5.02 Å². The van der Waals surface area contributed by atoms with Crippen LogP contribution in [0.15, 0.2) is 29.6 Å². The summed E-state index contributed by atoms with van der Waals surface area (Å²) in [6.45, 7) is 2.96. The van der Waals surface area contributed by atoms with E-state index in [-0.39, 0.29) is 16.9 Å². The van der Waals surface area contributed by atoms with E-state index in [4.69, 9.17) is 11.6 Å². The number of hydrogen-bond acceptors (Lipinski definition) is 2. The number of nitrogens with one attached hydrogen (secondary N) is 1. The van der Waals surface area contributed by atoms with Gasteiger partial charge in [-0.15, -0.1) is 11.3 Å². The maximum Gasteiger partial charge on any atom is 0.142 e. The van der Waals surface area contributed by atoms with E-state index in [0.29, 0.717) is 0 Å². The average molecular weight is 410 g/mol. The van der Waals surface area contributed by atoms with Gasteiger partial charge in [0.2, 0.25) is 0 Å². The van der Waals surface area contributed by atoms with Crippen LogP contribution in [0.5, 0.6) is 0 Å². The fourth-order valence-corrected chi connectivity index (χ4v) is 3.51. The van der Waals surface area contributed by atoms with Crippen LogP contribution >= 0.6 is 45.5 Å². The Labute approximate surface area is 135 Å². The van der Waals surface area contributed by atoms with Crippen molar-refractivity contribution in [1.29, 1.82) is 0 Å². The van der Waals surface area contributed by atoms with Crippen LogP contribution in [-0.4, -0.2) is 6.54 Å². The molecule has 0 aliphatic carbocycles. The van der Waals surface area contributed by atoms with Gasteiger partial charge in [0.1, 0.15) is 5.82 Å². The first kappa shape index (κ1) is 15.2. The summed E-state index contributed by atoms with van der Waals surface area (Å²) < 4.78 is 14.7. The molecule has 0 bridgehead atoms. The highest BCUT2D eigenvalue weighted by atomic mass is 127. The summed E-state index contributed by atoms with van der Waals surface area (Å²) in [5.41, 5.74) is 2.21. The van der Waals surface area contributed by atoms with E-state index in [1.165, 1.54) is 14.5 Å². The Morgan fingerprint density at radius 3 is 2.79 bits per heavy atom. The Bertz CT molecular complexity index is 558. The molecule has 1 heterocycles. The summed E-state index contributed by atoms with van der Waals surface area (Å²) in [4.78, 5) is 0. The van der Waals surface area contributed by atoms with Crippen molar-refractivity contribution in [2.75, 3.05) is 6.54 Å². The van der Waals surface area contributed by atoms with Crippen LogP contribution in [-0.2, 0) is 6.42 Å². The number of benzene rings is 1. The Morgan fingerprint density at radius 1 is 1.42 bits per heavy atom. The molecule has 2 aromatic rings. The van der Waals surface area contributed by atoms with E-state index in [2.05, 4.69) is 46.3 Å². The molecule has 1 unspecified atom stereocenters. The highest BCUT2D eigenvalue weighted by Crippen LogP contribution is 2.26. The molecule has 0 radical (unpaired) electrons. The zero-order valence-corrected chi connectivity index (χ0v) is 14.2. The smallest absolute Gasteiger partial charge is 0.142 e. The van der Waals surface area contributed by atoms with Gasteiger partial charge in [-0.2, -0.15) is 0 Å². The number of halogens is 3. The first-order valence-electron chi connectivity index (χ1n) is 6.01. The monoisotopic (exact) mass is 409 g/mol. The third-order valence-corrected chi connectivity index (χ3v) is 4.98. The van der Waals surface area contributed by atoms with E-state index in [0.717, 1.165) is 18.5 Å². The molecule has 0 aliphatic rings. The maximum atomic E-state index is 13.5. The predicted molar refractivity (Wildman–Crippen MR) is 88.6 cm³/mol. The van der Waals surface area contributed by atoms with Crippen LogP contribution in [0.3, 0.4) is 0 Å². The van der Waals surface area contributed by atoms with Crippen molar-refractivity contribution in [3.8, 4) is 0 Å². The van der Waals surface area contributed by atoms with Crippen LogP contribution in [0, 0.1) is 8.70 Å². The Hall–Kier alpha value is -0.170. The molecule has 102 valence electrons. The molecule has 0 saturated carbocycles. The largest absolute Gasteiger partial charge is 0.310 e. The molecule has 1 aromatic heterocycles. The molecular weight excluding hydrogens is 396 g/mol. The van der Waals surface area contributed by atoms with Crippen molar-refractivity contribution in [3.63, 3.8) is 0 Å². The normalized spacial score (nSPS) is 12.6. The number of rotatable bonds is 5. The molecule has 1 N–H and O–H groups in total. The third kappa shape index (κ3) is 4.15. The zero-order chi connectivity index (χ0) is 13.8. The molecular formula is C14H14ClFINS. The Kier molecular flexibility index (Phi) is 5.62. The van der Waals surface area contributed by atoms with Crippen LogP contribution in [0.4, 0.5) is 4.39 Å². The Balaban J connectivity index is 2.18. The molecule has 0 fully saturated rings. The average Bonchev–Trinajstić information content (AvgIpc) is 2.80. The highest BCUT2D eigenvalue weighted by molar-refractivity contribution is 14.1. The molecule has 0 spiro atoms. The lowest BCUT2D eigenvalue weighted by molar-refractivity contribution is 0.548. The van der Waals surface area contributed by atoms with Gasteiger partial charge in [-0.3, -0.25) is 0 Å². The van der Waals surface area contributed by atoms with E-state index in [1.807, 2.05) is 6.07 Å². The zero-order valence-electron chi connectivity index (χ0n) is 10.4.